The molecule has 0 aromatic carbocycles. The van der Waals surface area contributed by atoms with Gasteiger partial charge in [-0.1, -0.05) is 0 Å². The summed E-state index contributed by atoms with van der Waals surface area (Å²) in [5, 5.41) is 13.8. The van der Waals surface area contributed by atoms with E-state index < -0.39 is 0 Å². The minimum atomic E-state index is -0.158. The smallest absolute Gasteiger partial charge is 0.233 e. The van der Waals surface area contributed by atoms with E-state index in [0.717, 1.165) is 0 Å². The molecule has 1 saturated heterocycles. The van der Waals surface area contributed by atoms with Crippen molar-refractivity contribution < 1.29 is 14.3 Å². The van der Waals surface area contributed by atoms with Crippen LogP contribution in [0.1, 0.15) is 12.8 Å². The summed E-state index contributed by atoms with van der Waals surface area (Å²) in [6.07, 6.45) is 0.687. The SMILES string of the molecule is N#CCCNC(=O)CNCCC(=O)N1CCOCC1. The summed E-state index contributed by atoms with van der Waals surface area (Å²) in [7, 11) is 0. The van der Waals surface area contributed by atoms with Gasteiger partial charge in [-0.3, -0.25) is 9.59 Å². The molecule has 106 valence electrons. The lowest BCUT2D eigenvalue weighted by molar-refractivity contribution is -0.135. The van der Waals surface area contributed by atoms with Gasteiger partial charge in [-0.15, -0.1) is 0 Å². The Morgan fingerprint density at radius 1 is 1.26 bits per heavy atom. The Morgan fingerprint density at radius 2 is 2.00 bits per heavy atom. The predicted molar refractivity (Wildman–Crippen MR) is 68.1 cm³/mol. The van der Waals surface area contributed by atoms with Crippen LogP contribution in [0.3, 0.4) is 0 Å². The van der Waals surface area contributed by atoms with Crippen molar-refractivity contribution >= 4 is 11.8 Å². The van der Waals surface area contributed by atoms with Gasteiger partial charge in [-0.25, -0.2) is 0 Å². The molecular weight excluding hydrogens is 248 g/mol. The van der Waals surface area contributed by atoms with Gasteiger partial charge in [0.1, 0.15) is 0 Å². The fourth-order valence-electron chi connectivity index (χ4n) is 1.69. The quantitative estimate of drug-likeness (QED) is 0.569. The van der Waals surface area contributed by atoms with E-state index in [0.29, 0.717) is 52.2 Å². The van der Waals surface area contributed by atoms with E-state index in [1.54, 1.807) is 4.90 Å². The van der Waals surface area contributed by atoms with Crippen LogP contribution in [0.5, 0.6) is 0 Å². The fraction of sp³-hybridized carbons (Fsp3) is 0.750. The Balaban J connectivity index is 2.02. The highest BCUT2D eigenvalue weighted by atomic mass is 16.5. The number of nitrogens with zero attached hydrogens (tertiary/aromatic N) is 2. The molecule has 1 heterocycles. The van der Waals surface area contributed by atoms with Gasteiger partial charge in [0.2, 0.25) is 11.8 Å². The first-order valence-corrected chi connectivity index (χ1v) is 6.44. The molecule has 0 aromatic heterocycles. The number of ether oxygens (including phenoxy) is 1. The van der Waals surface area contributed by atoms with Crippen molar-refractivity contribution in [2.45, 2.75) is 12.8 Å². The number of carbonyl (C=O) groups excluding carboxylic acids is 2. The number of hydrogen-bond acceptors (Lipinski definition) is 5. The molecule has 0 aliphatic carbocycles. The van der Waals surface area contributed by atoms with Crippen molar-refractivity contribution in [2.24, 2.45) is 0 Å². The van der Waals surface area contributed by atoms with Crippen LogP contribution in [0.25, 0.3) is 0 Å². The topological polar surface area (TPSA) is 94.5 Å². The van der Waals surface area contributed by atoms with Gasteiger partial charge >= 0.3 is 0 Å². The Labute approximate surface area is 112 Å². The zero-order valence-electron chi connectivity index (χ0n) is 11.0. The zero-order chi connectivity index (χ0) is 13.9. The first-order chi connectivity index (χ1) is 9.24. The van der Waals surface area contributed by atoms with Gasteiger partial charge in [0.05, 0.1) is 32.2 Å². The average Bonchev–Trinajstić information content (AvgIpc) is 2.44. The molecule has 7 nitrogen and oxygen atoms in total. The fourth-order valence-corrected chi connectivity index (χ4v) is 1.69. The molecule has 0 atom stereocenters. The molecule has 0 spiro atoms. The molecule has 0 saturated carbocycles. The van der Waals surface area contributed by atoms with Gasteiger partial charge in [0.25, 0.3) is 0 Å². The van der Waals surface area contributed by atoms with E-state index >= 15 is 0 Å². The van der Waals surface area contributed by atoms with Crippen molar-refractivity contribution in [3.05, 3.63) is 0 Å². The van der Waals surface area contributed by atoms with Gasteiger partial charge in [0.15, 0.2) is 0 Å². The van der Waals surface area contributed by atoms with Crippen molar-refractivity contribution in [2.75, 3.05) is 45.9 Å². The summed E-state index contributed by atoms with van der Waals surface area (Å²) in [5.41, 5.74) is 0. The second kappa shape index (κ2) is 9.30. The van der Waals surface area contributed by atoms with Crippen molar-refractivity contribution in [3.63, 3.8) is 0 Å². The molecule has 2 N–H and O–H groups in total. The summed E-state index contributed by atoms with van der Waals surface area (Å²) in [5.74, 6) is -0.0743. The molecule has 1 aliphatic heterocycles. The highest BCUT2D eigenvalue weighted by molar-refractivity contribution is 5.78. The zero-order valence-corrected chi connectivity index (χ0v) is 11.0. The molecule has 2 amide bonds. The standard InChI is InChI=1S/C12H20N4O3/c13-3-1-4-15-11(17)10-14-5-2-12(18)16-6-8-19-9-7-16/h14H,1-2,4-10H2,(H,15,17). The molecule has 0 unspecified atom stereocenters. The minimum absolute atomic E-state index is 0.0840. The van der Waals surface area contributed by atoms with Crippen LogP contribution in [0, 0.1) is 11.3 Å². The molecular formula is C12H20N4O3. The molecule has 0 aromatic rings. The Morgan fingerprint density at radius 3 is 2.68 bits per heavy atom. The van der Waals surface area contributed by atoms with Crippen LogP contribution >= 0.6 is 0 Å². The summed E-state index contributed by atoms with van der Waals surface area (Å²) in [6, 6.07) is 1.95. The lowest BCUT2D eigenvalue weighted by Crippen LogP contribution is -2.42. The van der Waals surface area contributed by atoms with Crippen molar-refractivity contribution in [1.82, 2.24) is 15.5 Å². The van der Waals surface area contributed by atoms with Crippen LogP contribution in [0.2, 0.25) is 0 Å². The van der Waals surface area contributed by atoms with E-state index in [-0.39, 0.29) is 18.4 Å². The third-order valence-corrected chi connectivity index (χ3v) is 2.72. The highest BCUT2D eigenvalue weighted by Gasteiger charge is 2.15. The Bertz CT molecular complexity index is 334. The first-order valence-electron chi connectivity index (χ1n) is 6.44. The number of morpholine rings is 1. The number of hydrogen-bond donors (Lipinski definition) is 2. The largest absolute Gasteiger partial charge is 0.378 e. The van der Waals surface area contributed by atoms with Crippen LogP contribution in [-0.4, -0.2) is 62.7 Å². The van der Waals surface area contributed by atoms with E-state index in [9.17, 15) is 9.59 Å². The van der Waals surface area contributed by atoms with Crippen molar-refractivity contribution in [1.29, 1.82) is 5.26 Å². The maximum absolute atomic E-state index is 11.7. The summed E-state index contributed by atoms with van der Waals surface area (Å²) in [4.78, 5) is 24.8. The summed E-state index contributed by atoms with van der Waals surface area (Å²) < 4.78 is 5.17. The molecule has 1 fully saturated rings. The maximum Gasteiger partial charge on any atom is 0.233 e. The number of rotatable bonds is 7. The summed E-state index contributed by atoms with van der Waals surface area (Å²) in [6.45, 7) is 3.50. The van der Waals surface area contributed by atoms with Crippen LogP contribution in [0.4, 0.5) is 0 Å². The van der Waals surface area contributed by atoms with Crippen molar-refractivity contribution in [3.8, 4) is 6.07 Å². The number of carbonyl (C=O) groups is 2. The molecule has 19 heavy (non-hydrogen) atoms. The van der Waals surface area contributed by atoms with Gasteiger partial charge < -0.3 is 20.3 Å². The van der Waals surface area contributed by atoms with Crippen LogP contribution in [-0.2, 0) is 14.3 Å². The van der Waals surface area contributed by atoms with E-state index in [2.05, 4.69) is 10.6 Å². The second-order valence-electron chi connectivity index (χ2n) is 4.18. The van der Waals surface area contributed by atoms with Crippen LogP contribution < -0.4 is 10.6 Å². The minimum Gasteiger partial charge on any atom is -0.378 e. The van der Waals surface area contributed by atoms with Crippen LogP contribution in [0.15, 0.2) is 0 Å². The molecule has 1 aliphatic rings. The third-order valence-electron chi connectivity index (χ3n) is 2.72. The third kappa shape index (κ3) is 6.74. The first kappa shape index (κ1) is 15.4. The molecule has 1 rings (SSSR count). The highest BCUT2D eigenvalue weighted by Crippen LogP contribution is 1.99. The van der Waals surface area contributed by atoms with Gasteiger partial charge in [-0.05, 0) is 0 Å². The monoisotopic (exact) mass is 268 g/mol. The molecule has 0 radical (unpaired) electrons. The number of nitrogens with one attached hydrogen (secondary N) is 2. The van der Waals surface area contributed by atoms with E-state index in [1.807, 2.05) is 6.07 Å². The normalized spacial score (nSPS) is 14.8. The predicted octanol–water partition coefficient (Wildman–Crippen LogP) is -1.15. The maximum atomic E-state index is 11.7. The summed E-state index contributed by atoms with van der Waals surface area (Å²) >= 11 is 0. The average molecular weight is 268 g/mol. The van der Waals surface area contributed by atoms with E-state index in [1.165, 1.54) is 0 Å². The Kier molecular flexibility index (Phi) is 7.54. The second-order valence-corrected chi connectivity index (χ2v) is 4.18. The Hall–Kier alpha value is -1.65. The van der Waals surface area contributed by atoms with Gasteiger partial charge in [0, 0.05) is 32.6 Å². The number of amides is 2. The van der Waals surface area contributed by atoms with E-state index in [4.69, 9.17) is 10.00 Å². The lowest BCUT2D eigenvalue weighted by atomic mass is 10.3. The molecule has 0 bridgehead atoms. The van der Waals surface area contributed by atoms with Gasteiger partial charge in [-0.2, -0.15) is 5.26 Å². The number of nitriles is 1. The molecule has 7 heteroatoms. The lowest BCUT2D eigenvalue weighted by Gasteiger charge is -2.26.